The molecule has 1 fully saturated rings. The van der Waals surface area contributed by atoms with E-state index in [1.807, 2.05) is 16.7 Å². The molecule has 1 atom stereocenters. The molecule has 1 N–H and O–H groups in total. The molecular weight excluding hydrogens is 232 g/mol. The van der Waals surface area contributed by atoms with Crippen LogP contribution in [0.25, 0.3) is 0 Å². The largest absolute Gasteiger partial charge is 0.340 e. The third kappa shape index (κ3) is 5.30. The molecule has 0 saturated carbocycles. The van der Waals surface area contributed by atoms with Crippen molar-refractivity contribution >= 4 is 17.7 Å². The van der Waals surface area contributed by atoms with Crippen molar-refractivity contribution in [1.29, 1.82) is 0 Å². The monoisotopic (exact) mass is 258 g/mol. The second kappa shape index (κ2) is 7.27. The number of nitrogens with zero attached hydrogens (tertiary/aromatic N) is 1. The molecule has 17 heavy (non-hydrogen) atoms. The minimum absolute atomic E-state index is 0.300. The zero-order valence-electron chi connectivity index (χ0n) is 11.5. The van der Waals surface area contributed by atoms with Gasteiger partial charge in [-0.05, 0) is 19.8 Å². The second-order valence-electron chi connectivity index (χ2n) is 5.46. The average Bonchev–Trinajstić information content (AvgIpc) is 2.26. The van der Waals surface area contributed by atoms with Gasteiger partial charge in [-0.25, -0.2) is 0 Å². The Bertz CT molecular complexity index is 238. The minimum Gasteiger partial charge on any atom is -0.340 e. The molecule has 100 valence electrons. The molecule has 0 radical (unpaired) electrons. The first-order valence-electron chi connectivity index (χ1n) is 6.61. The van der Waals surface area contributed by atoms with E-state index in [0.717, 1.165) is 18.8 Å². The van der Waals surface area contributed by atoms with Crippen LogP contribution in [0.3, 0.4) is 0 Å². The van der Waals surface area contributed by atoms with Crippen LogP contribution in [0.15, 0.2) is 0 Å². The normalized spacial score (nSPS) is 20.9. The lowest BCUT2D eigenvalue weighted by Crippen LogP contribution is -2.45. The Morgan fingerprint density at radius 3 is 2.59 bits per heavy atom. The maximum absolute atomic E-state index is 12.3. The zero-order chi connectivity index (χ0) is 12.8. The van der Waals surface area contributed by atoms with E-state index in [2.05, 4.69) is 33.0 Å². The molecule has 0 aromatic heterocycles. The smallest absolute Gasteiger partial charge is 0.224 e. The van der Waals surface area contributed by atoms with Gasteiger partial charge in [-0.2, -0.15) is 11.8 Å². The van der Waals surface area contributed by atoms with Gasteiger partial charge in [0.1, 0.15) is 0 Å². The second-order valence-corrected chi connectivity index (χ2v) is 6.61. The summed E-state index contributed by atoms with van der Waals surface area (Å²) in [4.78, 5) is 14.3. The molecule has 4 heteroatoms. The molecule has 0 aromatic carbocycles. The fraction of sp³-hybridized carbons (Fsp3) is 0.923. The summed E-state index contributed by atoms with van der Waals surface area (Å²) < 4.78 is 0. The van der Waals surface area contributed by atoms with Gasteiger partial charge < -0.3 is 10.2 Å². The summed E-state index contributed by atoms with van der Waals surface area (Å²) in [6.07, 6.45) is 0.651. The lowest BCUT2D eigenvalue weighted by molar-refractivity contribution is -0.133. The van der Waals surface area contributed by atoms with E-state index in [1.54, 1.807) is 0 Å². The third-order valence-corrected chi connectivity index (χ3v) is 4.06. The van der Waals surface area contributed by atoms with Crippen LogP contribution in [0.5, 0.6) is 0 Å². The van der Waals surface area contributed by atoms with Gasteiger partial charge in [-0.15, -0.1) is 0 Å². The summed E-state index contributed by atoms with van der Waals surface area (Å²) in [7, 11) is 0. The Kier molecular flexibility index (Phi) is 6.34. The summed E-state index contributed by atoms with van der Waals surface area (Å²) in [6, 6.07) is 0.677. The number of hydrogen-bond acceptors (Lipinski definition) is 3. The summed E-state index contributed by atoms with van der Waals surface area (Å²) in [5, 5.41) is 3.43. The van der Waals surface area contributed by atoms with Crippen molar-refractivity contribution in [2.75, 3.05) is 24.6 Å². The quantitative estimate of drug-likeness (QED) is 0.818. The maximum Gasteiger partial charge on any atom is 0.224 e. The predicted molar refractivity (Wildman–Crippen MR) is 75.4 cm³/mol. The fourth-order valence-electron chi connectivity index (χ4n) is 2.07. The fourth-order valence-corrected chi connectivity index (χ4v) is 3.02. The maximum atomic E-state index is 12.3. The van der Waals surface area contributed by atoms with Crippen molar-refractivity contribution in [1.82, 2.24) is 10.2 Å². The van der Waals surface area contributed by atoms with Crippen molar-refractivity contribution in [3.05, 3.63) is 0 Å². The van der Waals surface area contributed by atoms with E-state index in [9.17, 15) is 4.79 Å². The van der Waals surface area contributed by atoms with E-state index in [0.29, 0.717) is 30.3 Å². The molecule has 3 nitrogen and oxygen atoms in total. The van der Waals surface area contributed by atoms with Crippen molar-refractivity contribution < 1.29 is 4.79 Å². The minimum atomic E-state index is 0.300. The van der Waals surface area contributed by atoms with Gasteiger partial charge in [0.15, 0.2) is 0 Å². The Balaban J connectivity index is 2.46. The van der Waals surface area contributed by atoms with Crippen molar-refractivity contribution in [2.24, 2.45) is 5.92 Å². The van der Waals surface area contributed by atoms with Crippen LogP contribution >= 0.6 is 11.8 Å². The molecule has 1 saturated heterocycles. The van der Waals surface area contributed by atoms with Crippen molar-refractivity contribution in [2.45, 2.75) is 46.2 Å². The summed E-state index contributed by atoms with van der Waals surface area (Å²) in [5.74, 6) is 3.08. The van der Waals surface area contributed by atoms with E-state index in [4.69, 9.17) is 0 Å². The van der Waals surface area contributed by atoms with Gasteiger partial charge in [-0.1, -0.05) is 13.8 Å². The molecule has 0 aliphatic carbocycles. The summed E-state index contributed by atoms with van der Waals surface area (Å²) in [6.45, 7) is 10.4. The first-order chi connectivity index (χ1) is 8.00. The lowest BCUT2D eigenvalue weighted by atomic mass is 10.1. The number of carbonyl (C=O) groups is 1. The van der Waals surface area contributed by atoms with Gasteiger partial charge >= 0.3 is 0 Å². The first-order valence-corrected chi connectivity index (χ1v) is 7.76. The van der Waals surface area contributed by atoms with Crippen LogP contribution < -0.4 is 5.32 Å². The van der Waals surface area contributed by atoms with Crippen molar-refractivity contribution in [3.63, 3.8) is 0 Å². The van der Waals surface area contributed by atoms with Gasteiger partial charge in [0.05, 0.1) is 0 Å². The Morgan fingerprint density at radius 1 is 1.41 bits per heavy atom. The van der Waals surface area contributed by atoms with Gasteiger partial charge in [0, 0.05) is 43.1 Å². The van der Waals surface area contributed by atoms with Crippen LogP contribution in [-0.4, -0.2) is 47.5 Å². The van der Waals surface area contributed by atoms with Gasteiger partial charge in [-0.3, -0.25) is 4.79 Å². The molecular formula is C13H26N2OS. The zero-order valence-corrected chi connectivity index (χ0v) is 12.3. The highest BCUT2D eigenvalue weighted by Crippen LogP contribution is 2.13. The molecule has 0 bridgehead atoms. The standard InChI is InChI=1S/C13H26N2OS/c1-10(2)8-15(11(3)4)13(16)7-12-9-17-6-5-14-12/h10-12,14H,5-9H2,1-4H3. The number of carbonyl (C=O) groups excluding carboxylic acids is 1. The number of hydrogen-bond donors (Lipinski definition) is 1. The van der Waals surface area contributed by atoms with Crippen LogP contribution in [0.2, 0.25) is 0 Å². The highest BCUT2D eigenvalue weighted by molar-refractivity contribution is 7.99. The highest BCUT2D eigenvalue weighted by Gasteiger charge is 2.22. The predicted octanol–water partition coefficient (Wildman–Crippen LogP) is 1.97. The van der Waals surface area contributed by atoms with Gasteiger partial charge in [0.2, 0.25) is 5.91 Å². The molecule has 0 spiro atoms. The van der Waals surface area contributed by atoms with Crippen LogP contribution in [-0.2, 0) is 4.79 Å². The van der Waals surface area contributed by atoms with Crippen LogP contribution in [0.1, 0.15) is 34.1 Å². The Hall–Kier alpha value is -0.220. The molecule has 1 rings (SSSR count). The highest BCUT2D eigenvalue weighted by atomic mass is 32.2. The number of nitrogens with one attached hydrogen (secondary N) is 1. The first kappa shape index (κ1) is 14.8. The lowest BCUT2D eigenvalue weighted by Gasteiger charge is -2.31. The molecule has 0 aromatic rings. The topological polar surface area (TPSA) is 32.3 Å². The van der Waals surface area contributed by atoms with Gasteiger partial charge in [0.25, 0.3) is 0 Å². The Morgan fingerprint density at radius 2 is 2.12 bits per heavy atom. The average molecular weight is 258 g/mol. The molecule has 1 heterocycles. The Labute approximate surface area is 110 Å². The number of thioether (sulfide) groups is 1. The number of amides is 1. The van der Waals surface area contributed by atoms with E-state index in [1.165, 1.54) is 5.75 Å². The number of rotatable bonds is 5. The van der Waals surface area contributed by atoms with Crippen molar-refractivity contribution in [3.8, 4) is 0 Å². The van der Waals surface area contributed by atoms with Crippen LogP contribution in [0.4, 0.5) is 0 Å². The molecule has 1 amide bonds. The molecule has 1 aliphatic rings. The molecule has 1 unspecified atom stereocenters. The van der Waals surface area contributed by atoms with E-state index < -0.39 is 0 Å². The summed E-state index contributed by atoms with van der Waals surface area (Å²) >= 11 is 1.95. The third-order valence-electron chi connectivity index (χ3n) is 2.93. The summed E-state index contributed by atoms with van der Waals surface area (Å²) in [5.41, 5.74) is 0. The van der Waals surface area contributed by atoms with E-state index in [-0.39, 0.29) is 0 Å². The molecule has 1 aliphatic heterocycles. The van der Waals surface area contributed by atoms with E-state index >= 15 is 0 Å². The SMILES string of the molecule is CC(C)CN(C(=O)CC1CSCCN1)C(C)C. The van der Waals surface area contributed by atoms with Crippen LogP contribution in [0, 0.1) is 5.92 Å².